The standard InChI is InChI=1S/C40H26N2S/c1-4-12-27(13-5-1)30-20-22-31(23-21-30)38-37-35-18-10-11-19-36(35)43-40(37)42-39(41-38)34-25-32(28-14-6-2-7-15-28)24-33(26-34)29-16-8-3-9-17-29/h1-26H. The van der Waals surface area contributed by atoms with Gasteiger partial charge in [0.15, 0.2) is 5.82 Å². The molecule has 0 amide bonds. The summed E-state index contributed by atoms with van der Waals surface area (Å²) < 4.78 is 1.22. The van der Waals surface area contributed by atoms with E-state index in [-0.39, 0.29) is 0 Å². The first-order valence-corrected chi connectivity index (χ1v) is 15.2. The molecule has 0 saturated heterocycles. The zero-order chi connectivity index (χ0) is 28.6. The minimum Gasteiger partial charge on any atom is -0.227 e. The molecular formula is C40H26N2S. The van der Waals surface area contributed by atoms with Gasteiger partial charge in [-0.2, -0.15) is 0 Å². The second-order valence-electron chi connectivity index (χ2n) is 10.6. The third-order valence-electron chi connectivity index (χ3n) is 7.91. The highest BCUT2D eigenvalue weighted by Gasteiger charge is 2.18. The molecular weight excluding hydrogens is 541 g/mol. The summed E-state index contributed by atoms with van der Waals surface area (Å²) >= 11 is 1.73. The van der Waals surface area contributed by atoms with Crippen molar-refractivity contribution in [2.24, 2.45) is 0 Å². The van der Waals surface area contributed by atoms with Crippen LogP contribution in [-0.2, 0) is 0 Å². The molecule has 0 aliphatic carbocycles. The van der Waals surface area contributed by atoms with E-state index in [4.69, 9.17) is 9.97 Å². The second kappa shape index (κ2) is 10.8. The van der Waals surface area contributed by atoms with Crippen LogP contribution in [0.25, 0.3) is 76.3 Å². The molecule has 0 aliphatic heterocycles. The fourth-order valence-corrected chi connectivity index (χ4v) is 6.84. The van der Waals surface area contributed by atoms with E-state index in [9.17, 15) is 0 Å². The van der Waals surface area contributed by atoms with Gasteiger partial charge >= 0.3 is 0 Å². The average Bonchev–Trinajstić information content (AvgIpc) is 3.48. The highest BCUT2D eigenvalue weighted by atomic mass is 32.1. The Bertz CT molecular complexity index is 2140. The van der Waals surface area contributed by atoms with Gasteiger partial charge < -0.3 is 0 Å². The maximum Gasteiger partial charge on any atom is 0.161 e. The lowest BCUT2D eigenvalue weighted by atomic mass is 9.95. The van der Waals surface area contributed by atoms with Gasteiger partial charge in [0.2, 0.25) is 0 Å². The Morgan fingerprint density at radius 3 is 1.44 bits per heavy atom. The van der Waals surface area contributed by atoms with Crippen LogP contribution < -0.4 is 0 Å². The lowest BCUT2D eigenvalue weighted by molar-refractivity contribution is 1.24. The lowest BCUT2D eigenvalue weighted by Crippen LogP contribution is -1.95. The van der Waals surface area contributed by atoms with Crippen molar-refractivity contribution in [1.29, 1.82) is 0 Å². The van der Waals surface area contributed by atoms with E-state index in [1.807, 2.05) is 0 Å². The zero-order valence-electron chi connectivity index (χ0n) is 23.3. The monoisotopic (exact) mass is 566 g/mol. The topological polar surface area (TPSA) is 25.8 Å². The molecule has 0 fully saturated rings. The molecule has 0 spiro atoms. The summed E-state index contributed by atoms with van der Waals surface area (Å²) in [5.74, 6) is 0.733. The minimum absolute atomic E-state index is 0.733. The third kappa shape index (κ3) is 4.80. The molecule has 0 N–H and O–H groups in total. The number of aromatic nitrogens is 2. The summed E-state index contributed by atoms with van der Waals surface area (Å²) in [6.07, 6.45) is 0. The first kappa shape index (κ1) is 25.3. The Kier molecular flexibility index (Phi) is 6.36. The van der Waals surface area contributed by atoms with Crippen molar-refractivity contribution >= 4 is 31.6 Å². The van der Waals surface area contributed by atoms with Gasteiger partial charge in [-0.3, -0.25) is 0 Å². The summed E-state index contributed by atoms with van der Waals surface area (Å²) in [7, 11) is 0. The van der Waals surface area contributed by atoms with E-state index in [0.717, 1.165) is 44.0 Å². The van der Waals surface area contributed by atoms with E-state index in [1.54, 1.807) is 11.3 Å². The molecule has 2 aromatic heterocycles. The Balaban J connectivity index is 1.35. The van der Waals surface area contributed by atoms with Crippen LogP contribution in [0.3, 0.4) is 0 Å². The largest absolute Gasteiger partial charge is 0.227 e. The molecule has 6 aromatic carbocycles. The predicted molar refractivity (Wildman–Crippen MR) is 182 cm³/mol. The first-order chi connectivity index (χ1) is 21.3. The van der Waals surface area contributed by atoms with Crippen LogP contribution in [-0.4, -0.2) is 9.97 Å². The Hall–Kier alpha value is -5.38. The SMILES string of the molecule is c1ccc(-c2ccc(-c3nc(-c4cc(-c5ccccc5)cc(-c5ccccc5)c4)nc4sc5ccccc5c34)cc2)cc1. The predicted octanol–water partition coefficient (Wildman–Crippen LogP) is 11.2. The van der Waals surface area contributed by atoms with Gasteiger partial charge in [-0.1, -0.05) is 133 Å². The number of benzene rings is 6. The molecule has 2 nitrogen and oxygen atoms in total. The smallest absolute Gasteiger partial charge is 0.161 e. The summed E-state index contributed by atoms with van der Waals surface area (Å²) in [5.41, 5.74) is 10.1. The molecule has 202 valence electrons. The van der Waals surface area contributed by atoms with Crippen molar-refractivity contribution in [1.82, 2.24) is 9.97 Å². The van der Waals surface area contributed by atoms with Crippen LogP contribution in [0.5, 0.6) is 0 Å². The Labute approximate surface area is 254 Å². The van der Waals surface area contributed by atoms with E-state index in [1.165, 1.54) is 32.3 Å². The normalized spacial score (nSPS) is 11.3. The summed E-state index contributed by atoms with van der Waals surface area (Å²) in [5, 5.41) is 2.30. The van der Waals surface area contributed by atoms with Crippen molar-refractivity contribution in [3.63, 3.8) is 0 Å². The van der Waals surface area contributed by atoms with Crippen molar-refractivity contribution in [3.8, 4) is 56.0 Å². The molecule has 8 aromatic rings. The van der Waals surface area contributed by atoms with Crippen LogP contribution >= 0.6 is 11.3 Å². The molecule has 0 bridgehead atoms. The van der Waals surface area contributed by atoms with Crippen LogP contribution in [0.1, 0.15) is 0 Å². The van der Waals surface area contributed by atoms with Gasteiger partial charge in [0.25, 0.3) is 0 Å². The van der Waals surface area contributed by atoms with E-state index in [2.05, 4.69) is 158 Å². The number of rotatable bonds is 5. The third-order valence-corrected chi connectivity index (χ3v) is 8.97. The van der Waals surface area contributed by atoms with Crippen molar-refractivity contribution in [2.45, 2.75) is 0 Å². The molecule has 2 heterocycles. The molecule has 43 heavy (non-hydrogen) atoms. The molecule has 0 aliphatic rings. The number of hydrogen-bond donors (Lipinski definition) is 0. The fraction of sp³-hybridized carbons (Fsp3) is 0. The number of nitrogens with zero attached hydrogens (tertiary/aromatic N) is 2. The molecule has 0 atom stereocenters. The van der Waals surface area contributed by atoms with Crippen LogP contribution in [0, 0.1) is 0 Å². The Morgan fingerprint density at radius 1 is 0.372 bits per heavy atom. The summed E-state index contributed by atoms with van der Waals surface area (Å²) in [6.45, 7) is 0. The molecule has 0 unspecified atom stereocenters. The highest BCUT2D eigenvalue weighted by Crippen LogP contribution is 2.41. The average molecular weight is 567 g/mol. The molecule has 0 saturated carbocycles. The van der Waals surface area contributed by atoms with Gasteiger partial charge in [-0.25, -0.2) is 9.97 Å². The van der Waals surface area contributed by atoms with Gasteiger partial charge in [0.1, 0.15) is 4.83 Å². The van der Waals surface area contributed by atoms with Crippen LogP contribution in [0.15, 0.2) is 158 Å². The minimum atomic E-state index is 0.733. The number of hydrogen-bond acceptors (Lipinski definition) is 3. The van der Waals surface area contributed by atoms with Gasteiger partial charge in [-0.15, -0.1) is 11.3 Å². The van der Waals surface area contributed by atoms with Gasteiger partial charge in [0.05, 0.1) is 5.69 Å². The van der Waals surface area contributed by atoms with Crippen molar-refractivity contribution in [3.05, 3.63) is 158 Å². The summed E-state index contributed by atoms with van der Waals surface area (Å²) in [4.78, 5) is 11.5. The second-order valence-corrected chi connectivity index (χ2v) is 11.7. The van der Waals surface area contributed by atoms with Crippen molar-refractivity contribution < 1.29 is 0 Å². The van der Waals surface area contributed by atoms with E-state index in [0.29, 0.717) is 0 Å². The van der Waals surface area contributed by atoms with Crippen LogP contribution in [0.4, 0.5) is 0 Å². The van der Waals surface area contributed by atoms with Crippen molar-refractivity contribution in [2.75, 3.05) is 0 Å². The van der Waals surface area contributed by atoms with E-state index >= 15 is 0 Å². The van der Waals surface area contributed by atoms with Gasteiger partial charge in [0, 0.05) is 26.6 Å². The number of thiophene rings is 1. The Morgan fingerprint density at radius 2 is 0.837 bits per heavy atom. The first-order valence-electron chi connectivity index (χ1n) is 14.4. The molecule has 3 heteroatoms. The zero-order valence-corrected chi connectivity index (χ0v) is 24.1. The maximum atomic E-state index is 5.33. The highest BCUT2D eigenvalue weighted by molar-refractivity contribution is 7.25. The van der Waals surface area contributed by atoms with E-state index < -0.39 is 0 Å². The van der Waals surface area contributed by atoms with Crippen LogP contribution in [0.2, 0.25) is 0 Å². The molecule has 8 rings (SSSR count). The quantitative estimate of drug-likeness (QED) is 0.207. The maximum absolute atomic E-state index is 5.33. The van der Waals surface area contributed by atoms with Gasteiger partial charge in [-0.05, 0) is 57.6 Å². The fourth-order valence-electron chi connectivity index (χ4n) is 5.76. The molecule has 0 radical (unpaired) electrons. The summed E-state index contributed by atoms with van der Waals surface area (Å²) in [6, 6.07) is 55.6. The number of fused-ring (bicyclic) bond motifs is 3. The lowest BCUT2D eigenvalue weighted by Gasteiger charge is -2.12.